The molecule has 3 aromatic heterocycles. The third kappa shape index (κ3) is 3.58. The second-order valence-electron chi connectivity index (χ2n) is 6.31. The number of nitrogens with zero attached hydrogens (tertiary/aromatic N) is 3. The first-order chi connectivity index (χ1) is 11.7. The zero-order valence-electron chi connectivity index (χ0n) is 13.7. The molecular weight excluding hydrogens is 332 g/mol. The molecule has 0 aliphatic heterocycles. The highest BCUT2D eigenvalue weighted by Crippen LogP contribution is 2.36. The van der Waals surface area contributed by atoms with Crippen molar-refractivity contribution in [3.8, 4) is 0 Å². The molecule has 0 radical (unpaired) electrons. The van der Waals surface area contributed by atoms with E-state index in [1.165, 1.54) is 11.3 Å². The average molecular weight is 356 g/mol. The van der Waals surface area contributed by atoms with Crippen LogP contribution in [0.1, 0.15) is 49.7 Å². The molecule has 1 aliphatic rings. The van der Waals surface area contributed by atoms with Crippen molar-refractivity contribution < 1.29 is 4.79 Å². The first-order valence-electron chi connectivity index (χ1n) is 8.38. The van der Waals surface area contributed by atoms with E-state index in [9.17, 15) is 4.79 Å². The number of fused-ring (bicyclic) bond motifs is 1. The highest BCUT2D eigenvalue weighted by Gasteiger charge is 2.26. The lowest BCUT2D eigenvalue weighted by molar-refractivity contribution is -0.116. The normalized spacial score (nSPS) is 14.1. The number of aromatic nitrogens is 3. The molecule has 6 heteroatoms. The van der Waals surface area contributed by atoms with E-state index in [1.807, 2.05) is 30.5 Å². The summed E-state index contributed by atoms with van der Waals surface area (Å²) >= 11 is 1.69. The zero-order chi connectivity index (χ0) is 16.5. The predicted molar refractivity (Wildman–Crippen MR) is 103 cm³/mol. The number of rotatable bonds is 5. The maximum absolute atomic E-state index is 12.4. The van der Waals surface area contributed by atoms with Gasteiger partial charge in [0.2, 0.25) is 11.9 Å². The Morgan fingerprint density at radius 2 is 2.16 bits per heavy atom. The Balaban J connectivity index is 0.00000182. The molecule has 4 rings (SSSR count). The van der Waals surface area contributed by atoms with Crippen LogP contribution in [0.5, 0.6) is 0 Å². The minimum Gasteiger partial charge on any atom is -0.296 e. The van der Waals surface area contributed by atoms with Crippen LogP contribution >= 0.6 is 11.3 Å². The molecule has 1 fully saturated rings. The first kappa shape index (κ1) is 17.6. The lowest BCUT2D eigenvalue weighted by atomic mass is 9.93. The molecule has 1 aliphatic carbocycles. The second kappa shape index (κ2) is 7.35. The second-order valence-corrected chi connectivity index (χ2v) is 7.35. The van der Waals surface area contributed by atoms with Gasteiger partial charge in [-0.25, -0.2) is 9.97 Å². The van der Waals surface area contributed by atoms with Gasteiger partial charge < -0.3 is 0 Å². The van der Waals surface area contributed by atoms with E-state index in [0.717, 1.165) is 36.1 Å². The van der Waals surface area contributed by atoms with Crippen molar-refractivity contribution >= 4 is 34.4 Å². The Bertz CT molecular complexity index is 865. The maximum Gasteiger partial charge on any atom is 0.227 e. The number of aryl methyl sites for hydroxylation is 2. The monoisotopic (exact) mass is 356 g/mol. The molecule has 0 saturated heterocycles. The SMILES string of the molecule is C.Cc1ccc2nc(NC(=O)CCc3cccs3)n(C3CCC3)c2n1. The van der Waals surface area contributed by atoms with Gasteiger partial charge in [-0.05, 0) is 56.2 Å². The highest BCUT2D eigenvalue weighted by molar-refractivity contribution is 7.09. The van der Waals surface area contributed by atoms with Crippen LogP contribution in [0.4, 0.5) is 5.95 Å². The smallest absolute Gasteiger partial charge is 0.227 e. The molecule has 1 N–H and O–H groups in total. The summed E-state index contributed by atoms with van der Waals surface area (Å²) in [4.78, 5) is 22.8. The molecule has 132 valence electrons. The van der Waals surface area contributed by atoms with Gasteiger partial charge in [-0.15, -0.1) is 11.3 Å². The van der Waals surface area contributed by atoms with Crippen molar-refractivity contribution in [2.24, 2.45) is 0 Å². The van der Waals surface area contributed by atoms with E-state index in [0.29, 0.717) is 18.4 Å². The molecule has 0 spiro atoms. The Morgan fingerprint density at radius 1 is 1.32 bits per heavy atom. The van der Waals surface area contributed by atoms with E-state index in [1.54, 1.807) is 11.3 Å². The number of nitrogens with one attached hydrogen (secondary N) is 1. The van der Waals surface area contributed by atoms with E-state index in [4.69, 9.17) is 0 Å². The topological polar surface area (TPSA) is 59.8 Å². The Hall–Kier alpha value is -2.21. The maximum atomic E-state index is 12.4. The largest absolute Gasteiger partial charge is 0.296 e. The predicted octanol–water partition coefficient (Wildman–Crippen LogP) is 4.73. The summed E-state index contributed by atoms with van der Waals surface area (Å²) in [5.41, 5.74) is 2.70. The van der Waals surface area contributed by atoms with Crippen LogP contribution in [0.15, 0.2) is 29.6 Å². The summed E-state index contributed by atoms with van der Waals surface area (Å²) in [5.74, 6) is 0.653. The van der Waals surface area contributed by atoms with E-state index < -0.39 is 0 Å². The fourth-order valence-corrected chi connectivity index (χ4v) is 3.74. The minimum atomic E-state index is 0. The van der Waals surface area contributed by atoms with E-state index >= 15 is 0 Å². The van der Waals surface area contributed by atoms with Crippen LogP contribution in [0.25, 0.3) is 11.2 Å². The van der Waals surface area contributed by atoms with Gasteiger partial charge >= 0.3 is 0 Å². The van der Waals surface area contributed by atoms with Gasteiger partial charge in [0.25, 0.3) is 0 Å². The molecule has 0 atom stereocenters. The molecule has 0 unspecified atom stereocenters. The molecule has 1 saturated carbocycles. The summed E-state index contributed by atoms with van der Waals surface area (Å²) in [7, 11) is 0. The number of carbonyl (C=O) groups excluding carboxylic acids is 1. The zero-order valence-corrected chi connectivity index (χ0v) is 14.5. The third-order valence-corrected chi connectivity index (χ3v) is 5.48. The number of imidazole rings is 1. The Kier molecular flexibility index (Phi) is 5.18. The standard InChI is InChI=1S/C18H20N4OS.CH4/c1-12-7-9-15-17(19-12)22(13-4-2-5-13)18(20-15)21-16(23)10-8-14-6-3-11-24-14;/h3,6-7,9,11,13H,2,4-5,8,10H2,1H3,(H,20,21,23);1H4. The van der Waals surface area contributed by atoms with Gasteiger partial charge in [0.05, 0.1) is 0 Å². The Morgan fingerprint density at radius 3 is 2.84 bits per heavy atom. The van der Waals surface area contributed by atoms with Gasteiger partial charge in [0.15, 0.2) is 5.65 Å². The van der Waals surface area contributed by atoms with Crippen LogP contribution in [0.2, 0.25) is 0 Å². The number of carbonyl (C=O) groups is 1. The number of amides is 1. The number of anilines is 1. The number of thiophene rings is 1. The molecule has 3 aromatic rings. The van der Waals surface area contributed by atoms with Crippen molar-refractivity contribution in [3.05, 3.63) is 40.2 Å². The molecule has 5 nitrogen and oxygen atoms in total. The van der Waals surface area contributed by atoms with Gasteiger partial charge in [-0.2, -0.15) is 0 Å². The number of hydrogen-bond acceptors (Lipinski definition) is 4. The van der Waals surface area contributed by atoms with Crippen molar-refractivity contribution in [1.82, 2.24) is 14.5 Å². The Labute approximate surface area is 152 Å². The summed E-state index contributed by atoms with van der Waals surface area (Å²) in [6.07, 6.45) is 4.71. The summed E-state index contributed by atoms with van der Waals surface area (Å²) in [6.45, 7) is 1.98. The number of hydrogen-bond donors (Lipinski definition) is 1. The van der Waals surface area contributed by atoms with Gasteiger partial charge in [-0.1, -0.05) is 13.5 Å². The summed E-state index contributed by atoms with van der Waals surface area (Å²) in [5, 5.41) is 5.05. The van der Waals surface area contributed by atoms with Crippen molar-refractivity contribution in [2.45, 2.75) is 52.5 Å². The summed E-state index contributed by atoms with van der Waals surface area (Å²) in [6, 6.07) is 8.42. The molecule has 3 heterocycles. The lowest BCUT2D eigenvalue weighted by Crippen LogP contribution is -2.22. The number of pyridine rings is 1. The molecule has 1 amide bonds. The van der Waals surface area contributed by atoms with Gasteiger partial charge in [-0.3, -0.25) is 14.7 Å². The lowest BCUT2D eigenvalue weighted by Gasteiger charge is -2.28. The fraction of sp³-hybridized carbons (Fsp3) is 0.421. The summed E-state index contributed by atoms with van der Waals surface area (Å²) < 4.78 is 2.12. The quantitative estimate of drug-likeness (QED) is 0.719. The van der Waals surface area contributed by atoms with Crippen LogP contribution in [0.3, 0.4) is 0 Å². The highest BCUT2D eigenvalue weighted by atomic mass is 32.1. The third-order valence-electron chi connectivity index (χ3n) is 4.55. The molecule has 0 aromatic carbocycles. The molecule has 25 heavy (non-hydrogen) atoms. The van der Waals surface area contributed by atoms with Gasteiger partial charge in [0, 0.05) is 23.0 Å². The van der Waals surface area contributed by atoms with Crippen LogP contribution < -0.4 is 5.32 Å². The molecular formula is C19H24N4OS. The van der Waals surface area contributed by atoms with Crippen molar-refractivity contribution in [1.29, 1.82) is 0 Å². The minimum absolute atomic E-state index is 0. The molecule has 0 bridgehead atoms. The van der Waals surface area contributed by atoms with E-state index in [2.05, 4.69) is 25.9 Å². The van der Waals surface area contributed by atoms with Crippen molar-refractivity contribution in [3.63, 3.8) is 0 Å². The van der Waals surface area contributed by atoms with Gasteiger partial charge in [0.1, 0.15) is 5.52 Å². The van der Waals surface area contributed by atoms with Crippen LogP contribution in [-0.2, 0) is 11.2 Å². The first-order valence-corrected chi connectivity index (χ1v) is 9.26. The van der Waals surface area contributed by atoms with Crippen LogP contribution in [0, 0.1) is 6.92 Å². The van der Waals surface area contributed by atoms with E-state index in [-0.39, 0.29) is 13.3 Å². The fourth-order valence-electron chi connectivity index (χ4n) is 3.03. The average Bonchev–Trinajstić information content (AvgIpc) is 3.13. The van der Waals surface area contributed by atoms with Crippen molar-refractivity contribution in [2.75, 3.05) is 5.32 Å². The van der Waals surface area contributed by atoms with Crippen LogP contribution in [-0.4, -0.2) is 20.4 Å².